The topological polar surface area (TPSA) is 91.6 Å². The van der Waals surface area contributed by atoms with Crippen LogP contribution in [0.25, 0.3) is 11.4 Å². The first-order valence-electron chi connectivity index (χ1n) is 12.4. The van der Waals surface area contributed by atoms with Crippen LogP contribution in [0.15, 0.2) is 95.5 Å². The van der Waals surface area contributed by atoms with Crippen molar-refractivity contribution in [2.24, 2.45) is 0 Å². The van der Waals surface area contributed by atoms with E-state index >= 15 is 0 Å². The summed E-state index contributed by atoms with van der Waals surface area (Å²) in [6.07, 6.45) is 0. The molecule has 1 aliphatic rings. The molecular weight excluding hydrogens is 466 g/mol. The van der Waals surface area contributed by atoms with Crippen molar-refractivity contribution in [3.8, 4) is 11.4 Å². The fraction of sp³-hybridized carbons (Fsp3) is 0.241. The lowest BCUT2D eigenvalue weighted by Gasteiger charge is -2.38. The number of nitrogens with one attached hydrogen (secondary N) is 1. The van der Waals surface area contributed by atoms with Crippen LogP contribution in [0.1, 0.15) is 40.8 Å². The van der Waals surface area contributed by atoms with Crippen molar-refractivity contribution in [1.82, 2.24) is 25.3 Å². The van der Waals surface area contributed by atoms with Gasteiger partial charge < -0.3 is 14.7 Å². The molecule has 1 aromatic heterocycles. The Balaban J connectivity index is 1.25. The van der Waals surface area contributed by atoms with Crippen LogP contribution in [0.5, 0.6) is 0 Å². The Hall–Kier alpha value is -4.30. The molecule has 1 aliphatic heterocycles. The van der Waals surface area contributed by atoms with Crippen LogP contribution in [-0.4, -0.2) is 57.9 Å². The van der Waals surface area contributed by atoms with Crippen molar-refractivity contribution >= 4 is 11.8 Å². The van der Waals surface area contributed by atoms with E-state index in [0.29, 0.717) is 43.5 Å². The molecule has 37 heavy (non-hydrogen) atoms. The lowest BCUT2D eigenvalue weighted by molar-refractivity contribution is -0.135. The summed E-state index contributed by atoms with van der Waals surface area (Å²) in [7, 11) is 0. The van der Waals surface area contributed by atoms with Crippen LogP contribution in [0.2, 0.25) is 0 Å². The predicted octanol–water partition coefficient (Wildman–Crippen LogP) is 4.11. The summed E-state index contributed by atoms with van der Waals surface area (Å²) < 4.78 is 5.56. The van der Waals surface area contributed by atoms with Crippen LogP contribution >= 0.6 is 0 Å². The average Bonchev–Trinajstić information content (AvgIpc) is 3.47. The molecule has 0 aliphatic carbocycles. The zero-order chi connectivity index (χ0) is 25.6. The van der Waals surface area contributed by atoms with Crippen LogP contribution in [0.4, 0.5) is 0 Å². The third-order valence-corrected chi connectivity index (χ3v) is 6.70. The predicted molar refractivity (Wildman–Crippen MR) is 139 cm³/mol. The van der Waals surface area contributed by atoms with Crippen LogP contribution < -0.4 is 5.32 Å². The fourth-order valence-corrected chi connectivity index (χ4v) is 4.51. The molecule has 2 unspecified atom stereocenters. The Kier molecular flexibility index (Phi) is 7.37. The van der Waals surface area contributed by atoms with E-state index in [0.717, 1.165) is 11.1 Å². The van der Waals surface area contributed by atoms with Gasteiger partial charge in [-0.25, -0.2) is 0 Å². The molecule has 1 N–H and O–H groups in total. The third-order valence-electron chi connectivity index (χ3n) is 6.70. The molecule has 0 bridgehead atoms. The molecule has 2 atom stereocenters. The third kappa shape index (κ3) is 5.59. The van der Waals surface area contributed by atoms with Crippen LogP contribution in [-0.2, 0) is 4.79 Å². The van der Waals surface area contributed by atoms with Crippen molar-refractivity contribution in [2.75, 3.05) is 26.2 Å². The van der Waals surface area contributed by atoms with Crippen LogP contribution in [0.3, 0.4) is 0 Å². The lowest BCUT2D eigenvalue weighted by atomic mass is 10.0. The highest BCUT2D eigenvalue weighted by atomic mass is 16.5. The Morgan fingerprint density at radius 2 is 1.43 bits per heavy atom. The van der Waals surface area contributed by atoms with Crippen molar-refractivity contribution in [3.63, 3.8) is 0 Å². The lowest BCUT2D eigenvalue weighted by Crippen LogP contribution is -2.52. The Morgan fingerprint density at radius 1 is 0.838 bits per heavy atom. The van der Waals surface area contributed by atoms with Gasteiger partial charge in [-0.15, -0.1) is 0 Å². The maximum absolute atomic E-state index is 13.6. The summed E-state index contributed by atoms with van der Waals surface area (Å²) in [5, 5.41) is 7.09. The normalized spacial score (nSPS) is 15.6. The molecule has 8 heteroatoms. The number of carbonyl (C=O) groups is 2. The van der Waals surface area contributed by atoms with E-state index in [4.69, 9.17) is 4.52 Å². The van der Waals surface area contributed by atoms with Crippen LogP contribution in [0, 0.1) is 0 Å². The number of carbonyl (C=O) groups excluding carboxylic acids is 2. The highest BCUT2D eigenvalue weighted by molar-refractivity contribution is 5.97. The van der Waals surface area contributed by atoms with E-state index < -0.39 is 6.04 Å². The molecule has 1 saturated heterocycles. The molecule has 1 fully saturated rings. The number of nitrogens with zero attached hydrogens (tertiary/aromatic N) is 4. The maximum atomic E-state index is 13.6. The zero-order valence-corrected chi connectivity index (χ0v) is 20.7. The Bertz CT molecular complexity index is 1320. The highest BCUT2D eigenvalue weighted by Crippen LogP contribution is 2.25. The summed E-state index contributed by atoms with van der Waals surface area (Å²) in [6.45, 7) is 4.42. The molecular formula is C29H29N5O3. The first-order chi connectivity index (χ1) is 18.1. The zero-order valence-electron chi connectivity index (χ0n) is 20.7. The maximum Gasteiger partial charge on any atom is 0.252 e. The fourth-order valence-electron chi connectivity index (χ4n) is 4.51. The summed E-state index contributed by atoms with van der Waals surface area (Å²) in [6, 6.07) is 27.2. The van der Waals surface area contributed by atoms with Gasteiger partial charge in [-0.2, -0.15) is 4.98 Å². The Labute approximate surface area is 215 Å². The second-order valence-corrected chi connectivity index (χ2v) is 9.04. The molecule has 4 aromatic rings. The van der Waals surface area contributed by atoms with Gasteiger partial charge in [0.1, 0.15) is 6.04 Å². The molecule has 2 heterocycles. The summed E-state index contributed by atoms with van der Waals surface area (Å²) >= 11 is 0. The van der Waals surface area contributed by atoms with E-state index in [9.17, 15) is 9.59 Å². The number of piperazine rings is 1. The van der Waals surface area contributed by atoms with Gasteiger partial charge in [-0.1, -0.05) is 84.0 Å². The van der Waals surface area contributed by atoms with Crippen molar-refractivity contribution in [2.45, 2.75) is 19.0 Å². The molecule has 3 aromatic carbocycles. The first kappa shape index (κ1) is 24.4. The van der Waals surface area contributed by atoms with Gasteiger partial charge in [0, 0.05) is 37.3 Å². The molecule has 188 valence electrons. The summed E-state index contributed by atoms with van der Waals surface area (Å²) in [5.74, 6) is 0.722. The number of amides is 2. The van der Waals surface area contributed by atoms with E-state index in [1.54, 1.807) is 24.3 Å². The number of rotatable bonds is 7. The second kappa shape index (κ2) is 11.2. The van der Waals surface area contributed by atoms with Crippen molar-refractivity contribution in [1.29, 1.82) is 0 Å². The van der Waals surface area contributed by atoms with Gasteiger partial charge in [0.05, 0.1) is 6.04 Å². The van der Waals surface area contributed by atoms with E-state index in [1.165, 1.54) is 0 Å². The van der Waals surface area contributed by atoms with E-state index in [2.05, 4.69) is 20.4 Å². The van der Waals surface area contributed by atoms with Gasteiger partial charge in [0.25, 0.3) is 5.91 Å². The quantitative estimate of drug-likeness (QED) is 0.415. The van der Waals surface area contributed by atoms with Crippen molar-refractivity contribution in [3.05, 3.63) is 108 Å². The van der Waals surface area contributed by atoms with Gasteiger partial charge in [0.2, 0.25) is 17.6 Å². The average molecular weight is 496 g/mol. The minimum atomic E-state index is -0.762. The smallest absolute Gasteiger partial charge is 0.252 e. The second-order valence-electron chi connectivity index (χ2n) is 9.04. The summed E-state index contributed by atoms with van der Waals surface area (Å²) in [4.78, 5) is 35.2. The van der Waals surface area contributed by atoms with Gasteiger partial charge in [-0.3, -0.25) is 14.5 Å². The molecule has 5 rings (SSSR count). The molecule has 0 radical (unpaired) electrons. The van der Waals surface area contributed by atoms with Gasteiger partial charge in [-0.05, 0) is 24.6 Å². The van der Waals surface area contributed by atoms with E-state index in [-0.39, 0.29) is 17.9 Å². The number of benzene rings is 3. The summed E-state index contributed by atoms with van der Waals surface area (Å²) in [5.41, 5.74) is 2.18. The minimum absolute atomic E-state index is 0.0788. The monoisotopic (exact) mass is 495 g/mol. The Morgan fingerprint density at radius 3 is 2.08 bits per heavy atom. The highest BCUT2D eigenvalue weighted by Gasteiger charge is 2.32. The van der Waals surface area contributed by atoms with E-state index in [1.807, 2.05) is 78.6 Å². The van der Waals surface area contributed by atoms with Crippen molar-refractivity contribution < 1.29 is 14.1 Å². The number of hydrogen-bond donors (Lipinski definition) is 1. The molecule has 0 spiro atoms. The first-order valence-corrected chi connectivity index (χ1v) is 12.4. The number of hydrogen-bond acceptors (Lipinski definition) is 6. The minimum Gasteiger partial charge on any atom is -0.338 e. The SMILES string of the molecule is CC(c1nc(-c2ccccc2)no1)N1CCN(C(=O)C(NC(=O)c2ccccc2)c2ccccc2)CC1. The standard InChI is InChI=1S/C29H29N5O3/c1-21(28-31-26(32-37-28)23-13-7-3-8-14-23)33-17-19-34(20-18-33)29(36)25(22-11-5-2-6-12-22)30-27(35)24-15-9-4-10-16-24/h2-16,21,25H,17-20H2,1H3,(H,30,35). The molecule has 0 saturated carbocycles. The molecule has 8 nitrogen and oxygen atoms in total. The molecule has 2 amide bonds. The largest absolute Gasteiger partial charge is 0.338 e. The number of aromatic nitrogens is 2. The van der Waals surface area contributed by atoms with Gasteiger partial charge >= 0.3 is 0 Å². The van der Waals surface area contributed by atoms with Gasteiger partial charge in [0.15, 0.2) is 0 Å².